The first-order chi connectivity index (χ1) is 6.50. The van der Waals surface area contributed by atoms with Gasteiger partial charge in [-0.25, -0.2) is 0 Å². The molecular weight excluding hydrogens is 194 g/mol. The van der Waals surface area contributed by atoms with Gasteiger partial charge in [-0.3, -0.25) is 0 Å². The van der Waals surface area contributed by atoms with Gasteiger partial charge in [0.15, 0.2) is 0 Å². The van der Waals surface area contributed by atoms with E-state index in [0.29, 0.717) is 12.0 Å². The molecule has 1 aromatic carbocycles. The number of aryl methyl sites for hydroxylation is 1. The molecule has 1 atom stereocenters. The van der Waals surface area contributed by atoms with Crippen LogP contribution in [0.2, 0.25) is 5.02 Å². The lowest BCUT2D eigenvalue weighted by atomic mass is 10.1. The molecule has 1 unspecified atom stereocenters. The fourth-order valence-electron chi connectivity index (χ4n) is 1.15. The monoisotopic (exact) mass is 211 g/mol. The molecule has 0 aliphatic heterocycles. The Balaban J connectivity index is 2.77. The molecule has 1 nitrogen and oxygen atoms in total. The van der Waals surface area contributed by atoms with Crippen LogP contribution in [0.1, 0.15) is 26.3 Å². The van der Waals surface area contributed by atoms with Crippen molar-refractivity contribution >= 4 is 17.3 Å². The maximum absolute atomic E-state index is 6.12. The molecule has 0 bridgehead atoms. The van der Waals surface area contributed by atoms with Crippen LogP contribution in [-0.2, 0) is 0 Å². The van der Waals surface area contributed by atoms with Crippen LogP contribution in [0.4, 0.5) is 5.69 Å². The van der Waals surface area contributed by atoms with E-state index in [1.54, 1.807) is 0 Å². The van der Waals surface area contributed by atoms with E-state index in [1.165, 1.54) is 5.56 Å². The van der Waals surface area contributed by atoms with Gasteiger partial charge in [0, 0.05) is 6.04 Å². The summed E-state index contributed by atoms with van der Waals surface area (Å²) < 4.78 is 0. The summed E-state index contributed by atoms with van der Waals surface area (Å²) in [6.07, 6.45) is 0. The zero-order valence-corrected chi connectivity index (χ0v) is 10.0. The summed E-state index contributed by atoms with van der Waals surface area (Å²) in [5.74, 6) is 0.604. The number of hydrogen-bond donors (Lipinski definition) is 1. The van der Waals surface area contributed by atoms with Crippen LogP contribution in [0.3, 0.4) is 0 Å². The van der Waals surface area contributed by atoms with E-state index in [0.717, 1.165) is 10.7 Å². The maximum Gasteiger partial charge on any atom is 0.0640 e. The highest BCUT2D eigenvalue weighted by atomic mass is 35.5. The molecule has 0 radical (unpaired) electrons. The molecule has 0 heterocycles. The maximum atomic E-state index is 6.12. The van der Waals surface area contributed by atoms with Crippen molar-refractivity contribution < 1.29 is 0 Å². The third-order valence-corrected chi connectivity index (χ3v) is 2.82. The fraction of sp³-hybridized carbons (Fsp3) is 0.500. The second-order valence-corrected chi connectivity index (χ2v) is 4.57. The summed E-state index contributed by atoms with van der Waals surface area (Å²) in [6, 6.07) is 6.53. The van der Waals surface area contributed by atoms with Crippen LogP contribution in [0.25, 0.3) is 0 Å². The largest absolute Gasteiger partial charge is 0.381 e. The quantitative estimate of drug-likeness (QED) is 0.794. The fourth-order valence-corrected chi connectivity index (χ4v) is 1.44. The van der Waals surface area contributed by atoms with Crippen molar-refractivity contribution in [3.05, 3.63) is 28.8 Å². The molecule has 0 aliphatic carbocycles. The van der Waals surface area contributed by atoms with Crippen molar-refractivity contribution in [2.45, 2.75) is 33.7 Å². The Morgan fingerprint density at radius 2 is 1.86 bits per heavy atom. The van der Waals surface area contributed by atoms with E-state index in [2.05, 4.69) is 32.2 Å². The zero-order chi connectivity index (χ0) is 10.7. The van der Waals surface area contributed by atoms with Crippen molar-refractivity contribution in [1.29, 1.82) is 0 Å². The normalized spacial score (nSPS) is 13.0. The Morgan fingerprint density at radius 1 is 1.21 bits per heavy atom. The summed E-state index contributed by atoms with van der Waals surface area (Å²) in [4.78, 5) is 0. The Morgan fingerprint density at radius 3 is 2.36 bits per heavy atom. The van der Waals surface area contributed by atoms with Crippen molar-refractivity contribution in [1.82, 2.24) is 0 Å². The lowest BCUT2D eigenvalue weighted by Gasteiger charge is -2.19. The number of rotatable bonds is 3. The number of hydrogen-bond acceptors (Lipinski definition) is 1. The van der Waals surface area contributed by atoms with E-state index in [1.807, 2.05) is 19.1 Å². The highest BCUT2D eigenvalue weighted by Gasteiger charge is 2.08. The smallest absolute Gasteiger partial charge is 0.0640 e. The molecule has 2 heteroatoms. The van der Waals surface area contributed by atoms with E-state index in [-0.39, 0.29) is 0 Å². The van der Waals surface area contributed by atoms with Crippen LogP contribution < -0.4 is 5.32 Å². The molecule has 1 aromatic rings. The van der Waals surface area contributed by atoms with Gasteiger partial charge in [-0.1, -0.05) is 31.5 Å². The highest BCUT2D eigenvalue weighted by molar-refractivity contribution is 6.33. The average Bonchev–Trinajstić information content (AvgIpc) is 2.09. The molecule has 0 aliphatic rings. The minimum Gasteiger partial charge on any atom is -0.381 e. The van der Waals surface area contributed by atoms with Crippen molar-refractivity contribution in [2.75, 3.05) is 5.32 Å². The van der Waals surface area contributed by atoms with Crippen LogP contribution in [0.5, 0.6) is 0 Å². The van der Waals surface area contributed by atoms with Gasteiger partial charge in [0.05, 0.1) is 10.7 Å². The SMILES string of the molecule is Cc1ccc(NC(C)C(C)C)c(Cl)c1. The lowest BCUT2D eigenvalue weighted by molar-refractivity contribution is 0.560. The predicted octanol–water partition coefficient (Wildman–Crippen LogP) is 4.10. The second-order valence-electron chi connectivity index (χ2n) is 4.16. The summed E-state index contributed by atoms with van der Waals surface area (Å²) >= 11 is 6.12. The standard InChI is InChI=1S/C12H18ClN/c1-8(2)10(4)14-12-6-5-9(3)7-11(12)13/h5-8,10,14H,1-4H3. The number of anilines is 1. The van der Waals surface area contributed by atoms with Crippen molar-refractivity contribution in [3.8, 4) is 0 Å². The van der Waals surface area contributed by atoms with Gasteiger partial charge in [0.2, 0.25) is 0 Å². The van der Waals surface area contributed by atoms with Gasteiger partial charge in [0.1, 0.15) is 0 Å². The topological polar surface area (TPSA) is 12.0 Å². The van der Waals surface area contributed by atoms with Crippen molar-refractivity contribution in [2.24, 2.45) is 5.92 Å². The van der Waals surface area contributed by atoms with Crippen molar-refractivity contribution in [3.63, 3.8) is 0 Å². The third kappa shape index (κ3) is 2.91. The van der Waals surface area contributed by atoms with Crippen LogP contribution in [-0.4, -0.2) is 6.04 Å². The molecule has 0 aromatic heterocycles. The molecule has 0 saturated carbocycles. The zero-order valence-electron chi connectivity index (χ0n) is 9.26. The molecule has 0 spiro atoms. The summed E-state index contributed by atoms with van der Waals surface area (Å²) in [5, 5.41) is 4.21. The average molecular weight is 212 g/mol. The van der Waals surface area contributed by atoms with E-state index in [9.17, 15) is 0 Å². The third-order valence-electron chi connectivity index (χ3n) is 2.51. The van der Waals surface area contributed by atoms with E-state index >= 15 is 0 Å². The molecule has 0 fully saturated rings. The molecule has 0 saturated heterocycles. The molecule has 14 heavy (non-hydrogen) atoms. The first-order valence-electron chi connectivity index (χ1n) is 5.03. The Kier molecular flexibility index (Phi) is 3.82. The molecule has 1 rings (SSSR count). The predicted molar refractivity (Wildman–Crippen MR) is 64.1 cm³/mol. The summed E-state index contributed by atoms with van der Waals surface area (Å²) in [7, 11) is 0. The summed E-state index contributed by atoms with van der Waals surface area (Å²) in [5.41, 5.74) is 2.22. The van der Waals surface area contributed by atoms with E-state index in [4.69, 9.17) is 11.6 Å². The number of halogens is 1. The van der Waals surface area contributed by atoms with Gasteiger partial charge in [-0.15, -0.1) is 0 Å². The van der Waals surface area contributed by atoms with Crippen LogP contribution in [0.15, 0.2) is 18.2 Å². The Labute approximate surface area is 91.5 Å². The van der Waals surface area contributed by atoms with Gasteiger partial charge in [-0.05, 0) is 37.5 Å². The van der Waals surface area contributed by atoms with E-state index < -0.39 is 0 Å². The molecule has 78 valence electrons. The minimum absolute atomic E-state index is 0.440. The Hall–Kier alpha value is -0.690. The molecule has 1 N–H and O–H groups in total. The lowest BCUT2D eigenvalue weighted by Crippen LogP contribution is -2.21. The summed E-state index contributed by atoms with van der Waals surface area (Å²) in [6.45, 7) is 8.60. The van der Waals surface area contributed by atoms with Gasteiger partial charge in [-0.2, -0.15) is 0 Å². The first-order valence-corrected chi connectivity index (χ1v) is 5.41. The number of nitrogens with one attached hydrogen (secondary N) is 1. The van der Waals surface area contributed by atoms with Gasteiger partial charge in [0.25, 0.3) is 0 Å². The molecule has 0 amide bonds. The Bertz CT molecular complexity index is 307. The second kappa shape index (κ2) is 4.70. The molecular formula is C12H18ClN. The van der Waals surface area contributed by atoms with Gasteiger partial charge < -0.3 is 5.32 Å². The van der Waals surface area contributed by atoms with Gasteiger partial charge >= 0.3 is 0 Å². The van der Waals surface area contributed by atoms with Crippen LogP contribution >= 0.6 is 11.6 Å². The van der Waals surface area contributed by atoms with Crippen LogP contribution in [0, 0.1) is 12.8 Å². The highest BCUT2D eigenvalue weighted by Crippen LogP contribution is 2.24. The minimum atomic E-state index is 0.440. The number of benzene rings is 1. The first kappa shape index (κ1) is 11.4.